The fraction of sp³-hybridized carbons (Fsp3) is 0.229. The number of aromatic amines is 1. The number of aromatic nitrogens is 2. The highest BCUT2D eigenvalue weighted by molar-refractivity contribution is 9.10. The second-order valence-electron chi connectivity index (χ2n) is 10.6. The first-order chi connectivity index (χ1) is 21.4. The summed E-state index contributed by atoms with van der Waals surface area (Å²) in [6, 6.07) is 21.1. The third kappa shape index (κ3) is 5.24. The smallest absolute Gasteiger partial charge is 0.338 e. The maximum absolute atomic E-state index is 14.5. The van der Waals surface area contributed by atoms with E-state index in [0.717, 1.165) is 44.2 Å². The molecule has 0 saturated carbocycles. The zero-order valence-corrected chi connectivity index (χ0v) is 27.3. The third-order valence-corrected chi connectivity index (χ3v) is 9.27. The maximum atomic E-state index is 14.5. The molecule has 3 aromatic carbocycles. The van der Waals surface area contributed by atoms with Crippen molar-refractivity contribution in [2.24, 2.45) is 4.99 Å². The molecule has 1 atom stereocenters. The van der Waals surface area contributed by atoms with Gasteiger partial charge in [0.05, 0.1) is 35.2 Å². The number of ether oxygens (including phenoxy) is 2. The van der Waals surface area contributed by atoms with E-state index in [1.165, 1.54) is 11.3 Å². The summed E-state index contributed by atoms with van der Waals surface area (Å²) < 4.78 is 14.2. The number of methoxy groups -OCH3 is 1. The zero-order chi connectivity index (χ0) is 31.0. The Balaban J connectivity index is 1.67. The average molecular weight is 671 g/mol. The summed E-state index contributed by atoms with van der Waals surface area (Å²) in [5.74, 6) is 0.0743. The molecule has 3 heterocycles. The molecule has 0 saturated heterocycles. The molecule has 0 unspecified atom stereocenters. The molecule has 0 amide bonds. The van der Waals surface area contributed by atoms with Crippen molar-refractivity contribution in [1.29, 1.82) is 0 Å². The average Bonchev–Trinajstić information content (AvgIpc) is 3.55. The molecule has 5 aromatic rings. The van der Waals surface area contributed by atoms with Crippen LogP contribution in [0.1, 0.15) is 49.4 Å². The second-order valence-corrected chi connectivity index (χ2v) is 12.5. The second kappa shape index (κ2) is 12.4. The number of benzene rings is 3. The normalized spacial score (nSPS) is 14.9. The number of aryl methyl sites for hydroxylation is 1. The molecule has 6 rings (SSSR count). The Morgan fingerprint density at radius 2 is 1.91 bits per heavy atom. The standard InChI is InChI=1S/C35H32BrN3O4S/c1-5-11-26-29(34(41)43-6-2)32(25-18-22(36)16-17-27(25)42-4)39-33(40)28(44-35(39)37-26)19-24-23-15-10-12-20(3)30(23)38-31(24)21-13-8-7-9-14-21/h7-10,12-19,32,38H,5-6,11H2,1-4H3/b28-19+/t32-/m1/s1. The van der Waals surface area contributed by atoms with Crippen molar-refractivity contribution in [2.45, 2.75) is 39.7 Å². The van der Waals surface area contributed by atoms with Gasteiger partial charge in [0.25, 0.3) is 5.56 Å². The van der Waals surface area contributed by atoms with Gasteiger partial charge in [-0.2, -0.15) is 0 Å². The summed E-state index contributed by atoms with van der Waals surface area (Å²) in [7, 11) is 1.58. The van der Waals surface area contributed by atoms with Crippen LogP contribution < -0.4 is 19.6 Å². The van der Waals surface area contributed by atoms with Gasteiger partial charge in [0.15, 0.2) is 4.80 Å². The lowest BCUT2D eigenvalue weighted by atomic mass is 9.93. The van der Waals surface area contributed by atoms with Gasteiger partial charge in [0, 0.05) is 26.5 Å². The van der Waals surface area contributed by atoms with Crippen LogP contribution in [0.4, 0.5) is 0 Å². The van der Waals surface area contributed by atoms with Gasteiger partial charge in [-0.05, 0) is 55.7 Å². The van der Waals surface area contributed by atoms with E-state index in [1.54, 1.807) is 18.6 Å². The van der Waals surface area contributed by atoms with E-state index >= 15 is 0 Å². The molecule has 44 heavy (non-hydrogen) atoms. The number of hydrogen-bond acceptors (Lipinski definition) is 6. The summed E-state index contributed by atoms with van der Waals surface area (Å²) in [6.45, 7) is 6.09. The number of carbonyl (C=O) groups excluding carboxylic acids is 1. The number of carbonyl (C=O) groups is 1. The van der Waals surface area contributed by atoms with Crippen molar-refractivity contribution >= 4 is 50.2 Å². The first-order valence-corrected chi connectivity index (χ1v) is 16.2. The monoisotopic (exact) mass is 669 g/mol. The first-order valence-electron chi connectivity index (χ1n) is 14.6. The summed E-state index contributed by atoms with van der Waals surface area (Å²) in [4.78, 5) is 37.2. The van der Waals surface area contributed by atoms with Gasteiger partial charge in [-0.1, -0.05) is 89.1 Å². The predicted molar refractivity (Wildman–Crippen MR) is 179 cm³/mol. The van der Waals surface area contributed by atoms with Crippen molar-refractivity contribution in [3.05, 3.63) is 119 Å². The van der Waals surface area contributed by atoms with Crippen LogP contribution in [-0.2, 0) is 9.53 Å². The molecular formula is C35H32BrN3O4S. The van der Waals surface area contributed by atoms with Gasteiger partial charge >= 0.3 is 5.97 Å². The molecule has 0 bridgehead atoms. The van der Waals surface area contributed by atoms with Gasteiger partial charge in [0.2, 0.25) is 0 Å². The molecule has 0 fully saturated rings. The van der Waals surface area contributed by atoms with E-state index in [-0.39, 0.29) is 12.2 Å². The van der Waals surface area contributed by atoms with Crippen molar-refractivity contribution in [3.63, 3.8) is 0 Å². The van der Waals surface area contributed by atoms with Crippen LogP contribution >= 0.6 is 27.3 Å². The van der Waals surface area contributed by atoms with Crippen LogP contribution in [-0.4, -0.2) is 29.2 Å². The van der Waals surface area contributed by atoms with E-state index in [9.17, 15) is 9.59 Å². The molecule has 1 aliphatic rings. The van der Waals surface area contributed by atoms with Crippen LogP contribution in [0, 0.1) is 6.92 Å². The molecule has 0 spiro atoms. The van der Waals surface area contributed by atoms with Crippen molar-refractivity contribution < 1.29 is 14.3 Å². The lowest BCUT2D eigenvalue weighted by molar-refractivity contribution is -0.139. The zero-order valence-electron chi connectivity index (χ0n) is 24.9. The van der Waals surface area contributed by atoms with E-state index in [1.807, 2.05) is 55.5 Å². The van der Waals surface area contributed by atoms with Crippen LogP contribution in [0.2, 0.25) is 0 Å². The van der Waals surface area contributed by atoms with Crippen molar-refractivity contribution in [1.82, 2.24) is 9.55 Å². The highest BCUT2D eigenvalue weighted by Crippen LogP contribution is 2.38. The number of halogens is 1. The number of rotatable bonds is 8. The molecule has 7 nitrogen and oxygen atoms in total. The molecule has 0 radical (unpaired) electrons. The van der Waals surface area contributed by atoms with Crippen molar-refractivity contribution in [3.8, 4) is 17.0 Å². The Hall–Kier alpha value is -4.21. The highest BCUT2D eigenvalue weighted by Gasteiger charge is 2.36. The Morgan fingerprint density at radius 1 is 1.11 bits per heavy atom. The maximum Gasteiger partial charge on any atom is 0.338 e. The Kier molecular flexibility index (Phi) is 8.42. The number of H-pyrrole nitrogens is 1. The quantitative estimate of drug-likeness (QED) is 0.184. The largest absolute Gasteiger partial charge is 0.496 e. The number of nitrogens with one attached hydrogen (secondary N) is 1. The first kappa shape index (κ1) is 29.8. The SMILES string of the molecule is CCCC1=C(C(=O)OCC)[C@@H](c2cc(Br)ccc2OC)n2c(s/c(=C/c3c(-c4ccccc4)[nH]c4c(C)cccc34)c2=O)=N1. The number of hydrogen-bond donors (Lipinski definition) is 1. The molecular weight excluding hydrogens is 638 g/mol. The highest BCUT2D eigenvalue weighted by atomic mass is 79.9. The number of allylic oxidation sites excluding steroid dienone is 1. The van der Waals surface area contributed by atoms with Gasteiger partial charge in [0.1, 0.15) is 11.8 Å². The molecule has 224 valence electrons. The molecule has 2 aromatic heterocycles. The number of nitrogens with zero attached hydrogens (tertiary/aromatic N) is 2. The summed E-state index contributed by atoms with van der Waals surface area (Å²) in [5, 5.41) is 1.03. The van der Waals surface area contributed by atoms with E-state index < -0.39 is 12.0 Å². The molecule has 9 heteroatoms. The Labute approximate surface area is 267 Å². The minimum absolute atomic E-state index is 0.205. The summed E-state index contributed by atoms with van der Waals surface area (Å²) in [6.07, 6.45) is 3.28. The minimum atomic E-state index is -0.778. The number of fused-ring (bicyclic) bond motifs is 2. The van der Waals surface area contributed by atoms with Gasteiger partial charge < -0.3 is 14.5 Å². The number of esters is 1. The van der Waals surface area contributed by atoms with Gasteiger partial charge in [-0.15, -0.1) is 0 Å². The summed E-state index contributed by atoms with van der Waals surface area (Å²) in [5.41, 5.74) is 6.44. The fourth-order valence-corrected chi connectivity index (χ4v) is 7.21. The third-order valence-electron chi connectivity index (χ3n) is 7.80. The minimum Gasteiger partial charge on any atom is -0.496 e. The lowest BCUT2D eigenvalue weighted by Crippen LogP contribution is -2.40. The topological polar surface area (TPSA) is 85.7 Å². The fourth-order valence-electron chi connectivity index (χ4n) is 5.83. The predicted octanol–water partition coefficient (Wildman–Crippen LogP) is 6.81. The van der Waals surface area contributed by atoms with Gasteiger partial charge in [-0.3, -0.25) is 9.36 Å². The van der Waals surface area contributed by atoms with Gasteiger partial charge in [-0.25, -0.2) is 9.79 Å². The van der Waals surface area contributed by atoms with E-state index in [0.29, 0.717) is 38.3 Å². The van der Waals surface area contributed by atoms with Crippen LogP contribution in [0.25, 0.3) is 28.2 Å². The Morgan fingerprint density at radius 3 is 2.64 bits per heavy atom. The molecule has 1 N–H and O–H groups in total. The van der Waals surface area contributed by atoms with Crippen LogP contribution in [0.3, 0.4) is 0 Å². The van der Waals surface area contributed by atoms with Crippen LogP contribution in [0.15, 0.2) is 92.3 Å². The summed E-state index contributed by atoms with van der Waals surface area (Å²) >= 11 is 4.91. The van der Waals surface area contributed by atoms with Crippen LogP contribution in [0.5, 0.6) is 5.75 Å². The van der Waals surface area contributed by atoms with E-state index in [2.05, 4.69) is 52.1 Å². The number of para-hydroxylation sites is 1. The van der Waals surface area contributed by atoms with E-state index in [4.69, 9.17) is 14.5 Å². The lowest BCUT2D eigenvalue weighted by Gasteiger charge is -2.27. The van der Waals surface area contributed by atoms with Crippen molar-refractivity contribution in [2.75, 3.05) is 13.7 Å². The molecule has 1 aliphatic heterocycles. The Bertz CT molecular complexity index is 2110. The molecule has 0 aliphatic carbocycles. The number of thiazole rings is 1.